The fourth-order valence-corrected chi connectivity index (χ4v) is 2.06. The summed E-state index contributed by atoms with van der Waals surface area (Å²) in [5.41, 5.74) is 1.00. The van der Waals surface area contributed by atoms with Gasteiger partial charge in [-0.2, -0.15) is 0 Å². The summed E-state index contributed by atoms with van der Waals surface area (Å²) in [5, 5.41) is 12.0. The molecule has 0 bridgehead atoms. The van der Waals surface area contributed by atoms with E-state index in [1.54, 1.807) is 43.3 Å². The van der Waals surface area contributed by atoms with Crippen LogP contribution in [0.5, 0.6) is 5.75 Å². The highest BCUT2D eigenvalue weighted by Gasteiger charge is 2.15. The SMILES string of the molecule is C[C@H](Oc1ccccc1Cl)C(=O)NCc1ccc(C(=O)O)cc1. The average Bonchev–Trinajstić information content (AvgIpc) is 2.55. The quantitative estimate of drug-likeness (QED) is 0.851. The molecule has 2 rings (SSSR count). The molecule has 0 radical (unpaired) electrons. The van der Waals surface area contributed by atoms with E-state index in [4.69, 9.17) is 21.4 Å². The van der Waals surface area contributed by atoms with Crippen LogP contribution in [0.15, 0.2) is 48.5 Å². The van der Waals surface area contributed by atoms with Crippen molar-refractivity contribution >= 4 is 23.5 Å². The van der Waals surface area contributed by atoms with Gasteiger partial charge < -0.3 is 15.2 Å². The minimum absolute atomic E-state index is 0.204. The van der Waals surface area contributed by atoms with E-state index < -0.39 is 12.1 Å². The number of para-hydroxylation sites is 1. The molecule has 1 amide bonds. The largest absolute Gasteiger partial charge is 0.479 e. The number of halogens is 1. The van der Waals surface area contributed by atoms with E-state index >= 15 is 0 Å². The first-order chi connectivity index (χ1) is 11.0. The first-order valence-corrected chi connectivity index (χ1v) is 7.36. The molecule has 1 atom stereocenters. The van der Waals surface area contributed by atoms with Crippen molar-refractivity contribution in [2.24, 2.45) is 0 Å². The van der Waals surface area contributed by atoms with Crippen LogP contribution in [0.1, 0.15) is 22.8 Å². The van der Waals surface area contributed by atoms with Crippen LogP contribution in [0.3, 0.4) is 0 Å². The molecule has 2 N–H and O–H groups in total. The molecular formula is C17H16ClNO4. The summed E-state index contributed by atoms with van der Waals surface area (Å²) >= 11 is 5.98. The third kappa shape index (κ3) is 4.72. The number of nitrogens with one attached hydrogen (secondary N) is 1. The van der Waals surface area contributed by atoms with Crippen molar-refractivity contribution in [3.05, 3.63) is 64.7 Å². The molecule has 0 aromatic heterocycles. The second kappa shape index (κ2) is 7.65. The fraction of sp³-hybridized carbons (Fsp3) is 0.176. The van der Waals surface area contributed by atoms with Crippen molar-refractivity contribution in [3.8, 4) is 5.75 Å². The van der Waals surface area contributed by atoms with Gasteiger partial charge in [-0.25, -0.2) is 4.79 Å². The molecule has 0 heterocycles. The number of amides is 1. The lowest BCUT2D eigenvalue weighted by atomic mass is 10.1. The number of ether oxygens (including phenoxy) is 1. The lowest BCUT2D eigenvalue weighted by Crippen LogP contribution is -2.35. The zero-order valence-electron chi connectivity index (χ0n) is 12.5. The monoisotopic (exact) mass is 333 g/mol. The Balaban J connectivity index is 1.89. The van der Waals surface area contributed by atoms with E-state index in [0.717, 1.165) is 5.56 Å². The first kappa shape index (κ1) is 16.8. The van der Waals surface area contributed by atoms with Gasteiger partial charge in [-0.1, -0.05) is 35.9 Å². The maximum atomic E-state index is 12.0. The van der Waals surface area contributed by atoms with Gasteiger partial charge in [-0.15, -0.1) is 0 Å². The van der Waals surface area contributed by atoms with E-state index in [2.05, 4.69) is 5.32 Å². The van der Waals surface area contributed by atoms with Gasteiger partial charge in [0.25, 0.3) is 5.91 Å². The normalized spacial score (nSPS) is 11.6. The molecule has 0 aliphatic heterocycles. The number of aromatic carboxylic acids is 1. The minimum atomic E-state index is -0.984. The summed E-state index contributed by atoms with van der Waals surface area (Å²) in [6.07, 6.45) is -0.701. The smallest absolute Gasteiger partial charge is 0.335 e. The lowest BCUT2D eigenvalue weighted by Gasteiger charge is -2.15. The first-order valence-electron chi connectivity index (χ1n) is 6.98. The molecule has 0 unspecified atom stereocenters. The van der Waals surface area contributed by atoms with Crippen molar-refractivity contribution in [1.82, 2.24) is 5.32 Å². The molecule has 0 aliphatic rings. The van der Waals surface area contributed by atoms with Crippen LogP contribution in [0.2, 0.25) is 5.02 Å². The molecule has 0 fully saturated rings. The van der Waals surface area contributed by atoms with Crippen LogP contribution in [-0.2, 0) is 11.3 Å². The maximum Gasteiger partial charge on any atom is 0.335 e. The Hall–Kier alpha value is -2.53. The van der Waals surface area contributed by atoms with Gasteiger partial charge in [0.2, 0.25) is 0 Å². The van der Waals surface area contributed by atoms with Crippen LogP contribution >= 0.6 is 11.6 Å². The maximum absolute atomic E-state index is 12.0. The summed E-state index contributed by atoms with van der Waals surface area (Å²) < 4.78 is 5.52. The van der Waals surface area contributed by atoms with Crippen molar-refractivity contribution in [3.63, 3.8) is 0 Å². The minimum Gasteiger partial charge on any atom is -0.479 e. The van der Waals surface area contributed by atoms with E-state index in [0.29, 0.717) is 10.8 Å². The number of rotatable bonds is 6. The molecule has 0 saturated heterocycles. The summed E-state index contributed by atoms with van der Waals surface area (Å²) in [6.45, 7) is 1.92. The fourth-order valence-electron chi connectivity index (χ4n) is 1.88. The Labute approximate surface area is 138 Å². The Morgan fingerprint density at radius 1 is 1.17 bits per heavy atom. The number of carbonyl (C=O) groups is 2. The van der Waals surface area contributed by atoms with Crippen LogP contribution < -0.4 is 10.1 Å². The Kier molecular flexibility index (Phi) is 5.60. The third-order valence-electron chi connectivity index (χ3n) is 3.18. The lowest BCUT2D eigenvalue weighted by molar-refractivity contribution is -0.127. The molecule has 23 heavy (non-hydrogen) atoms. The van der Waals surface area contributed by atoms with Gasteiger partial charge in [0.05, 0.1) is 10.6 Å². The molecule has 0 aliphatic carbocycles. The molecule has 2 aromatic carbocycles. The van der Waals surface area contributed by atoms with Crippen LogP contribution in [0, 0.1) is 0 Å². The van der Waals surface area contributed by atoms with Crippen molar-refractivity contribution < 1.29 is 19.4 Å². The van der Waals surface area contributed by atoms with Gasteiger partial charge in [-0.3, -0.25) is 4.79 Å². The number of carboxylic acid groups (broad SMARTS) is 1. The van der Waals surface area contributed by atoms with Gasteiger partial charge in [0.1, 0.15) is 5.75 Å². The van der Waals surface area contributed by atoms with Crippen LogP contribution in [0.4, 0.5) is 0 Å². The number of carboxylic acids is 1. The second-order valence-electron chi connectivity index (χ2n) is 4.91. The van der Waals surface area contributed by atoms with Crippen LogP contribution in [0.25, 0.3) is 0 Å². The Morgan fingerprint density at radius 3 is 2.43 bits per heavy atom. The standard InChI is InChI=1S/C17H16ClNO4/c1-11(23-15-5-3-2-4-14(15)18)16(20)19-10-12-6-8-13(9-7-12)17(21)22/h2-9,11H,10H2,1H3,(H,19,20)(H,21,22)/t11-/m0/s1. The average molecular weight is 334 g/mol. The molecule has 0 saturated carbocycles. The zero-order chi connectivity index (χ0) is 16.8. The predicted molar refractivity (Wildman–Crippen MR) is 86.8 cm³/mol. The summed E-state index contributed by atoms with van der Waals surface area (Å²) in [7, 11) is 0. The summed E-state index contributed by atoms with van der Waals surface area (Å²) in [4.78, 5) is 22.8. The van der Waals surface area contributed by atoms with Crippen molar-refractivity contribution in [2.45, 2.75) is 19.6 Å². The van der Waals surface area contributed by atoms with E-state index in [-0.39, 0.29) is 18.0 Å². The number of hydrogen-bond donors (Lipinski definition) is 2. The van der Waals surface area contributed by atoms with Gasteiger partial charge in [0, 0.05) is 6.54 Å². The predicted octanol–water partition coefficient (Wildman–Crippen LogP) is 3.12. The highest BCUT2D eigenvalue weighted by atomic mass is 35.5. The Morgan fingerprint density at radius 2 is 1.83 bits per heavy atom. The van der Waals surface area contributed by atoms with E-state index in [9.17, 15) is 9.59 Å². The second-order valence-corrected chi connectivity index (χ2v) is 5.32. The van der Waals surface area contributed by atoms with E-state index in [1.165, 1.54) is 12.1 Å². The molecule has 2 aromatic rings. The van der Waals surface area contributed by atoms with Crippen molar-refractivity contribution in [1.29, 1.82) is 0 Å². The molecule has 0 spiro atoms. The highest BCUT2D eigenvalue weighted by molar-refractivity contribution is 6.32. The Bertz CT molecular complexity index is 700. The molecular weight excluding hydrogens is 318 g/mol. The van der Waals surface area contributed by atoms with Gasteiger partial charge in [-0.05, 0) is 36.8 Å². The zero-order valence-corrected chi connectivity index (χ0v) is 13.2. The topological polar surface area (TPSA) is 75.6 Å². The van der Waals surface area contributed by atoms with Crippen LogP contribution in [-0.4, -0.2) is 23.1 Å². The number of benzene rings is 2. The number of carbonyl (C=O) groups excluding carboxylic acids is 1. The third-order valence-corrected chi connectivity index (χ3v) is 3.49. The summed E-state index contributed by atoms with van der Waals surface area (Å²) in [6, 6.07) is 13.2. The van der Waals surface area contributed by atoms with E-state index in [1.807, 2.05) is 0 Å². The van der Waals surface area contributed by atoms with Crippen molar-refractivity contribution in [2.75, 3.05) is 0 Å². The molecule has 120 valence electrons. The summed E-state index contributed by atoms with van der Waals surface area (Å²) in [5.74, 6) is -0.822. The number of hydrogen-bond acceptors (Lipinski definition) is 3. The molecule has 6 heteroatoms. The molecule has 5 nitrogen and oxygen atoms in total. The van der Waals surface area contributed by atoms with Gasteiger partial charge in [0.15, 0.2) is 6.10 Å². The highest BCUT2D eigenvalue weighted by Crippen LogP contribution is 2.24. The van der Waals surface area contributed by atoms with Gasteiger partial charge >= 0.3 is 5.97 Å².